The number of hydrogen-bond acceptors (Lipinski definition) is 5. The molecule has 0 atom stereocenters. The number of rotatable bonds is 6. The Bertz CT molecular complexity index is 1390. The van der Waals surface area contributed by atoms with E-state index >= 15 is 0 Å². The number of fused-ring (bicyclic) bond motifs is 1. The van der Waals surface area contributed by atoms with E-state index in [2.05, 4.69) is 4.90 Å². The van der Waals surface area contributed by atoms with Gasteiger partial charge in [-0.25, -0.2) is 8.42 Å². The highest BCUT2D eigenvalue weighted by Gasteiger charge is 2.31. The maximum Gasteiger partial charge on any atom is 0.264 e. The summed E-state index contributed by atoms with van der Waals surface area (Å²) in [6.07, 6.45) is 0.699. The Hall–Kier alpha value is -3.23. The monoisotopic (exact) mass is 525 g/mol. The average Bonchev–Trinajstić information content (AvgIpc) is 3.33. The topological polar surface area (TPSA) is 70.2 Å². The fourth-order valence-electron chi connectivity index (χ4n) is 4.75. The molecule has 2 heterocycles. The van der Waals surface area contributed by atoms with Crippen molar-refractivity contribution in [2.24, 2.45) is 0 Å². The summed E-state index contributed by atoms with van der Waals surface area (Å²) in [6, 6.07) is 20.1. The first kappa shape index (κ1) is 24.5. The predicted molar refractivity (Wildman–Crippen MR) is 142 cm³/mol. The number of benzene rings is 3. The standard InChI is InChI=1S/C27H28ClN3O4S/c1-20-17-24(36(33,34)31-12-11-21-5-2-3-8-25(21)31)9-10-26(20)35-19-27(32)30-15-13-29(14-16-30)23-7-4-6-22(28)18-23/h2-10,17-18H,11-16,19H2,1H3. The van der Waals surface area contributed by atoms with Gasteiger partial charge in [-0.15, -0.1) is 0 Å². The van der Waals surface area contributed by atoms with Gasteiger partial charge in [0.05, 0.1) is 10.6 Å². The number of halogens is 1. The molecule has 0 bridgehead atoms. The normalized spacial score (nSPS) is 15.7. The van der Waals surface area contributed by atoms with Crippen LogP contribution < -0.4 is 13.9 Å². The van der Waals surface area contributed by atoms with E-state index in [1.54, 1.807) is 30.0 Å². The van der Waals surface area contributed by atoms with Crippen molar-refractivity contribution in [2.75, 3.05) is 48.5 Å². The lowest BCUT2D eigenvalue weighted by Crippen LogP contribution is -2.50. The highest BCUT2D eigenvalue weighted by atomic mass is 35.5. The fourth-order valence-corrected chi connectivity index (χ4v) is 6.52. The molecule has 9 heteroatoms. The summed E-state index contributed by atoms with van der Waals surface area (Å²) in [7, 11) is -3.68. The summed E-state index contributed by atoms with van der Waals surface area (Å²) in [6.45, 7) is 4.77. The van der Waals surface area contributed by atoms with Crippen LogP contribution in [0.2, 0.25) is 5.02 Å². The van der Waals surface area contributed by atoms with Gasteiger partial charge >= 0.3 is 0 Å². The maximum absolute atomic E-state index is 13.3. The number of anilines is 2. The van der Waals surface area contributed by atoms with Crippen molar-refractivity contribution in [1.82, 2.24) is 4.90 Å². The van der Waals surface area contributed by atoms with Crippen LogP contribution in [-0.2, 0) is 21.2 Å². The number of carbonyl (C=O) groups excluding carboxylic acids is 1. The lowest BCUT2D eigenvalue weighted by molar-refractivity contribution is -0.133. The van der Waals surface area contributed by atoms with Crippen LogP contribution in [0.5, 0.6) is 5.75 Å². The highest BCUT2D eigenvalue weighted by molar-refractivity contribution is 7.92. The van der Waals surface area contributed by atoms with Gasteiger partial charge in [0.25, 0.3) is 15.9 Å². The number of sulfonamides is 1. The van der Waals surface area contributed by atoms with Gasteiger partial charge in [0.15, 0.2) is 6.61 Å². The van der Waals surface area contributed by atoms with Crippen LogP contribution >= 0.6 is 11.6 Å². The van der Waals surface area contributed by atoms with Crippen LogP contribution in [0.25, 0.3) is 0 Å². The minimum absolute atomic E-state index is 0.0921. The van der Waals surface area contributed by atoms with Crippen LogP contribution in [0.1, 0.15) is 11.1 Å². The zero-order valence-electron chi connectivity index (χ0n) is 20.1. The van der Waals surface area contributed by atoms with Crippen LogP contribution in [0.15, 0.2) is 71.6 Å². The van der Waals surface area contributed by atoms with Crippen LogP contribution in [0.4, 0.5) is 11.4 Å². The first-order valence-corrected chi connectivity index (χ1v) is 13.8. The van der Waals surface area contributed by atoms with E-state index in [-0.39, 0.29) is 17.4 Å². The van der Waals surface area contributed by atoms with Crippen molar-refractivity contribution in [3.8, 4) is 5.75 Å². The molecule has 7 nitrogen and oxygen atoms in total. The molecule has 0 saturated carbocycles. The molecule has 1 saturated heterocycles. The van der Waals surface area contributed by atoms with E-state index in [1.807, 2.05) is 48.5 Å². The van der Waals surface area contributed by atoms with Gasteiger partial charge in [0.2, 0.25) is 0 Å². The van der Waals surface area contributed by atoms with E-state index in [9.17, 15) is 13.2 Å². The van der Waals surface area contributed by atoms with Crippen molar-refractivity contribution in [3.63, 3.8) is 0 Å². The Morgan fingerprint density at radius 1 is 0.944 bits per heavy atom. The van der Waals surface area contributed by atoms with Gasteiger partial charge in [-0.2, -0.15) is 0 Å². The summed E-state index contributed by atoms with van der Waals surface area (Å²) in [4.78, 5) is 17.0. The molecule has 1 fully saturated rings. The molecule has 0 radical (unpaired) electrons. The number of piperazine rings is 1. The molecule has 0 unspecified atom stereocenters. The molecule has 36 heavy (non-hydrogen) atoms. The molecule has 0 N–H and O–H groups in total. The minimum Gasteiger partial charge on any atom is -0.483 e. The third-order valence-corrected chi connectivity index (χ3v) is 8.78. The van der Waals surface area contributed by atoms with E-state index < -0.39 is 10.0 Å². The Morgan fingerprint density at radius 3 is 2.47 bits per heavy atom. The number of para-hydroxylation sites is 1. The highest BCUT2D eigenvalue weighted by Crippen LogP contribution is 2.33. The predicted octanol–water partition coefficient (Wildman–Crippen LogP) is 4.13. The summed E-state index contributed by atoms with van der Waals surface area (Å²) in [5.74, 6) is 0.409. The first-order chi connectivity index (χ1) is 17.3. The van der Waals surface area contributed by atoms with Gasteiger partial charge < -0.3 is 14.5 Å². The lowest BCUT2D eigenvalue weighted by Gasteiger charge is -2.36. The third kappa shape index (κ3) is 4.88. The van der Waals surface area contributed by atoms with Gasteiger partial charge in [-0.05, 0) is 66.9 Å². The molecule has 188 valence electrons. The van der Waals surface area contributed by atoms with Crippen LogP contribution in [0, 0.1) is 6.92 Å². The van der Waals surface area contributed by atoms with Crippen molar-refractivity contribution >= 4 is 38.9 Å². The Kier molecular flexibility index (Phi) is 6.81. The smallest absolute Gasteiger partial charge is 0.264 e. The molecule has 1 amide bonds. The second-order valence-corrected chi connectivity index (χ2v) is 11.3. The molecule has 3 aromatic carbocycles. The maximum atomic E-state index is 13.3. The van der Waals surface area contributed by atoms with E-state index in [0.29, 0.717) is 42.4 Å². The van der Waals surface area contributed by atoms with Crippen LogP contribution in [0.3, 0.4) is 0 Å². The van der Waals surface area contributed by atoms with Gasteiger partial charge in [0, 0.05) is 43.4 Å². The van der Waals surface area contributed by atoms with Gasteiger partial charge in [-0.3, -0.25) is 9.10 Å². The fraction of sp³-hybridized carbons (Fsp3) is 0.296. The Balaban J connectivity index is 1.19. The lowest BCUT2D eigenvalue weighted by atomic mass is 10.2. The summed E-state index contributed by atoms with van der Waals surface area (Å²) in [5.41, 5.74) is 3.48. The average molecular weight is 526 g/mol. The third-order valence-electron chi connectivity index (χ3n) is 6.74. The molecule has 2 aliphatic heterocycles. The van der Waals surface area contributed by atoms with E-state index in [1.165, 1.54) is 4.31 Å². The Morgan fingerprint density at radius 2 is 1.72 bits per heavy atom. The summed E-state index contributed by atoms with van der Waals surface area (Å²) >= 11 is 6.10. The second kappa shape index (κ2) is 10.0. The number of nitrogens with zero attached hydrogens (tertiary/aromatic N) is 3. The molecule has 5 rings (SSSR count). The van der Waals surface area contributed by atoms with Crippen molar-refractivity contribution < 1.29 is 17.9 Å². The molecular formula is C27H28ClN3O4S. The zero-order valence-corrected chi connectivity index (χ0v) is 21.6. The molecule has 3 aromatic rings. The minimum atomic E-state index is -3.68. The summed E-state index contributed by atoms with van der Waals surface area (Å²) < 4.78 is 33.8. The number of hydrogen-bond donors (Lipinski definition) is 0. The van der Waals surface area contributed by atoms with E-state index in [0.717, 1.165) is 30.0 Å². The molecule has 0 aromatic heterocycles. The van der Waals surface area contributed by atoms with Gasteiger partial charge in [0.1, 0.15) is 5.75 Å². The molecule has 2 aliphatic rings. The number of aryl methyl sites for hydroxylation is 1. The van der Waals surface area contributed by atoms with E-state index in [4.69, 9.17) is 16.3 Å². The quantitative estimate of drug-likeness (QED) is 0.484. The SMILES string of the molecule is Cc1cc(S(=O)(=O)N2CCc3ccccc32)ccc1OCC(=O)N1CCN(c2cccc(Cl)c2)CC1. The van der Waals surface area contributed by atoms with Crippen LogP contribution in [-0.4, -0.2) is 58.6 Å². The molecule has 0 spiro atoms. The van der Waals surface area contributed by atoms with Gasteiger partial charge in [-0.1, -0.05) is 35.9 Å². The summed E-state index contributed by atoms with van der Waals surface area (Å²) in [5, 5.41) is 0.693. The number of amides is 1. The number of ether oxygens (including phenoxy) is 1. The molecule has 0 aliphatic carbocycles. The first-order valence-electron chi connectivity index (χ1n) is 12.0. The Labute approximate surface area is 216 Å². The molecular weight excluding hydrogens is 498 g/mol. The number of carbonyl (C=O) groups is 1. The van der Waals surface area contributed by atoms with Crippen molar-refractivity contribution in [2.45, 2.75) is 18.2 Å². The van der Waals surface area contributed by atoms with Crippen molar-refractivity contribution in [1.29, 1.82) is 0 Å². The van der Waals surface area contributed by atoms with Crippen molar-refractivity contribution in [3.05, 3.63) is 82.9 Å². The zero-order chi connectivity index (χ0) is 25.3. The largest absolute Gasteiger partial charge is 0.483 e. The second-order valence-electron chi connectivity index (χ2n) is 9.02.